The lowest BCUT2D eigenvalue weighted by Crippen LogP contribution is -1.93. The molecule has 0 amide bonds. The Kier molecular flexibility index (Phi) is 41.8. The van der Waals surface area contributed by atoms with Crippen molar-refractivity contribution >= 4 is 17.6 Å². The topological polar surface area (TPSA) is 37.3 Å². The third kappa shape index (κ3) is 45.0. The van der Waals surface area contributed by atoms with Gasteiger partial charge >= 0.3 is 5.97 Å². The van der Waals surface area contributed by atoms with Gasteiger partial charge in [0.1, 0.15) is 0 Å². The number of hydrogen-bond donors (Lipinski definition) is 1. The molecule has 0 aromatic rings. The number of hydrogen-bond acceptors (Lipinski definition) is 1. The molecule has 39 heavy (non-hydrogen) atoms. The summed E-state index contributed by atoms with van der Waals surface area (Å²) in [6.07, 6.45) is 43.0. The fourth-order valence-electron chi connectivity index (χ4n) is 5.29. The maximum absolute atomic E-state index is 10.3. The molecule has 0 atom stereocenters. The van der Waals surface area contributed by atoms with Gasteiger partial charge in [0.15, 0.2) is 0 Å². The van der Waals surface area contributed by atoms with Crippen LogP contribution in [0.2, 0.25) is 0 Å². The molecule has 236 valence electrons. The monoisotopic (exact) mass is 573 g/mol. The van der Waals surface area contributed by atoms with E-state index in [4.69, 9.17) is 16.7 Å². The van der Waals surface area contributed by atoms with Gasteiger partial charge in [-0.1, -0.05) is 200 Å². The maximum atomic E-state index is 10.3. The molecule has 2 nitrogen and oxygen atoms in total. The van der Waals surface area contributed by atoms with E-state index < -0.39 is 5.97 Å². The summed E-state index contributed by atoms with van der Waals surface area (Å²) in [4.78, 5) is 10.3. The van der Waals surface area contributed by atoms with E-state index in [-0.39, 0.29) is 0 Å². The van der Waals surface area contributed by atoms with Crippen molar-refractivity contribution in [3.63, 3.8) is 0 Å². The van der Waals surface area contributed by atoms with Crippen molar-refractivity contribution in [3.8, 4) is 0 Å². The van der Waals surface area contributed by atoms with Crippen molar-refractivity contribution in [3.05, 3.63) is 0 Å². The van der Waals surface area contributed by atoms with Crippen molar-refractivity contribution in [2.75, 3.05) is 5.88 Å². The molecule has 0 fully saturated rings. The number of halogens is 1. The van der Waals surface area contributed by atoms with E-state index in [2.05, 4.69) is 13.8 Å². The van der Waals surface area contributed by atoms with Gasteiger partial charge in [0.2, 0.25) is 0 Å². The fraction of sp³-hybridized carbons (Fsp3) is 0.972. The molecule has 0 aliphatic heterocycles. The number of aliphatic carboxylic acids is 1. The van der Waals surface area contributed by atoms with Gasteiger partial charge in [-0.2, -0.15) is 0 Å². The summed E-state index contributed by atoms with van der Waals surface area (Å²) in [7, 11) is 0. The smallest absolute Gasteiger partial charge is 0.303 e. The summed E-state index contributed by atoms with van der Waals surface area (Å²) in [5, 5.41) is 8.52. The van der Waals surface area contributed by atoms with Crippen LogP contribution >= 0.6 is 11.6 Å². The van der Waals surface area contributed by atoms with E-state index in [9.17, 15) is 4.79 Å². The van der Waals surface area contributed by atoms with Crippen molar-refractivity contribution in [1.29, 1.82) is 0 Å². The van der Waals surface area contributed by atoms with Gasteiger partial charge in [0, 0.05) is 12.3 Å². The summed E-state index contributed by atoms with van der Waals surface area (Å²) in [5.41, 5.74) is 0. The van der Waals surface area contributed by atoms with E-state index in [0.29, 0.717) is 6.42 Å². The highest BCUT2D eigenvalue weighted by molar-refractivity contribution is 6.17. The van der Waals surface area contributed by atoms with E-state index in [1.165, 1.54) is 186 Å². The number of rotatable bonds is 32. The highest BCUT2D eigenvalue weighted by atomic mass is 35.5. The molecule has 0 heterocycles. The SMILES string of the molecule is CCCCCCCCCCCCCCCCCC(=O)O.CCCCCCCCCCCCCCCCCCCl. The Morgan fingerprint density at radius 2 is 0.590 bits per heavy atom. The highest BCUT2D eigenvalue weighted by Crippen LogP contribution is 2.15. The number of carboxylic acid groups (broad SMARTS) is 1. The highest BCUT2D eigenvalue weighted by Gasteiger charge is 1.97. The minimum Gasteiger partial charge on any atom is -0.481 e. The van der Waals surface area contributed by atoms with Crippen LogP contribution in [0, 0.1) is 0 Å². The molecule has 0 unspecified atom stereocenters. The van der Waals surface area contributed by atoms with Crippen molar-refractivity contribution in [1.82, 2.24) is 0 Å². The lowest BCUT2D eigenvalue weighted by Gasteiger charge is -2.03. The second-order valence-corrected chi connectivity index (χ2v) is 12.5. The second-order valence-electron chi connectivity index (χ2n) is 12.1. The molecule has 0 aromatic heterocycles. The van der Waals surface area contributed by atoms with Crippen LogP contribution < -0.4 is 0 Å². The molecule has 3 heteroatoms. The standard InChI is InChI=1S/C18H37Cl.C18H36O2/c1-2-3-4-5-6-7-8-9-10-11-12-13-14-15-16-17-18-19;1-2-3-4-5-6-7-8-9-10-11-12-13-14-15-16-17-18(19)20/h2-18H2,1H3;2-17H2,1H3,(H,19,20). The van der Waals surface area contributed by atoms with Crippen LogP contribution in [-0.2, 0) is 4.79 Å². The van der Waals surface area contributed by atoms with Crippen LogP contribution in [0.15, 0.2) is 0 Å². The molecule has 0 saturated heterocycles. The maximum Gasteiger partial charge on any atom is 0.303 e. The Morgan fingerprint density at radius 3 is 0.795 bits per heavy atom. The molecular formula is C36H73ClO2. The first-order valence-electron chi connectivity index (χ1n) is 18.0. The lowest BCUT2D eigenvalue weighted by molar-refractivity contribution is -0.137. The Bertz CT molecular complexity index is 410. The number of unbranched alkanes of at least 4 members (excludes halogenated alkanes) is 29. The van der Waals surface area contributed by atoms with Gasteiger partial charge in [-0.15, -0.1) is 11.6 Å². The van der Waals surface area contributed by atoms with Crippen LogP contribution in [0.25, 0.3) is 0 Å². The summed E-state index contributed by atoms with van der Waals surface area (Å²) in [6.45, 7) is 4.56. The zero-order valence-electron chi connectivity index (χ0n) is 27.1. The molecule has 0 bridgehead atoms. The third-order valence-electron chi connectivity index (χ3n) is 7.98. The van der Waals surface area contributed by atoms with E-state index in [1.54, 1.807) is 0 Å². The van der Waals surface area contributed by atoms with Crippen LogP contribution in [0.5, 0.6) is 0 Å². The fourth-order valence-corrected chi connectivity index (χ4v) is 5.48. The Hall–Kier alpha value is -0.240. The Morgan fingerprint density at radius 1 is 0.385 bits per heavy atom. The summed E-state index contributed by atoms with van der Waals surface area (Å²) in [5.74, 6) is 0.193. The van der Waals surface area contributed by atoms with Gasteiger partial charge < -0.3 is 5.11 Å². The molecule has 0 aromatic carbocycles. The second kappa shape index (κ2) is 39.9. The van der Waals surface area contributed by atoms with E-state index >= 15 is 0 Å². The van der Waals surface area contributed by atoms with Crippen LogP contribution in [0.1, 0.15) is 219 Å². The Labute approximate surface area is 252 Å². The molecule has 0 rings (SSSR count). The molecule has 0 saturated carbocycles. The molecule has 0 spiro atoms. The van der Waals surface area contributed by atoms with Crippen LogP contribution in [-0.4, -0.2) is 17.0 Å². The summed E-state index contributed by atoms with van der Waals surface area (Å²) < 4.78 is 0. The van der Waals surface area contributed by atoms with Gasteiger partial charge in [0.05, 0.1) is 0 Å². The first kappa shape index (κ1) is 40.9. The average Bonchev–Trinajstić information content (AvgIpc) is 2.93. The molecule has 1 N–H and O–H groups in total. The van der Waals surface area contributed by atoms with Crippen LogP contribution in [0.4, 0.5) is 0 Å². The third-order valence-corrected chi connectivity index (χ3v) is 8.25. The average molecular weight is 573 g/mol. The quantitative estimate of drug-likeness (QED) is 0.0642. The van der Waals surface area contributed by atoms with Gasteiger partial charge in [0.25, 0.3) is 0 Å². The van der Waals surface area contributed by atoms with Gasteiger partial charge in [-0.3, -0.25) is 4.79 Å². The largest absolute Gasteiger partial charge is 0.481 e. The predicted molar refractivity (Wildman–Crippen MR) is 177 cm³/mol. The molecule has 0 aliphatic rings. The van der Waals surface area contributed by atoms with Crippen molar-refractivity contribution in [2.45, 2.75) is 219 Å². The van der Waals surface area contributed by atoms with Gasteiger partial charge in [-0.05, 0) is 12.8 Å². The predicted octanol–water partition coefficient (Wildman–Crippen LogP) is 13.8. The van der Waals surface area contributed by atoms with E-state index in [1.807, 2.05) is 0 Å². The molecule has 0 radical (unpaired) electrons. The first-order chi connectivity index (χ1) is 19.2. The van der Waals surface area contributed by atoms with Crippen molar-refractivity contribution in [2.24, 2.45) is 0 Å². The summed E-state index contributed by atoms with van der Waals surface area (Å²) in [6, 6.07) is 0. The minimum atomic E-state index is -0.653. The van der Waals surface area contributed by atoms with E-state index in [0.717, 1.165) is 18.7 Å². The molecule has 0 aliphatic carbocycles. The van der Waals surface area contributed by atoms with Crippen molar-refractivity contribution < 1.29 is 9.90 Å². The Balaban J connectivity index is 0. The zero-order valence-corrected chi connectivity index (χ0v) is 27.8. The first-order valence-corrected chi connectivity index (χ1v) is 18.5. The minimum absolute atomic E-state index is 0.345. The number of carboxylic acids is 1. The lowest BCUT2D eigenvalue weighted by atomic mass is 10.0. The number of carbonyl (C=O) groups is 1. The molecular weight excluding hydrogens is 500 g/mol. The normalized spacial score (nSPS) is 10.9. The van der Waals surface area contributed by atoms with Gasteiger partial charge in [-0.25, -0.2) is 0 Å². The number of alkyl halides is 1. The zero-order chi connectivity index (χ0) is 28.9. The van der Waals surface area contributed by atoms with Crippen LogP contribution in [0.3, 0.4) is 0 Å². The summed E-state index contributed by atoms with van der Waals surface area (Å²) >= 11 is 5.66.